The Kier molecular flexibility index (Phi) is 7.73. The number of amides is 1. The van der Waals surface area contributed by atoms with Gasteiger partial charge in [-0.1, -0.05) is 74.0 Å². The zero-order valence-electron chi connectivity index (χ0n) is 20.0. The normalized spacial score (nSPS) is 10.7. The van der Waals surface area contributed by atoms with Crippen molar-refractivity contribution in [2.24, 2.45) is 0 Å². The van der Waals surface area contributed by atoms with Gasteiger partial charge in [0.05, 0.1) is 12.3 Å². The first-order valence-electron chi connectivity index (χ1n) is 11.9. The second kappa shape index (κ2) is 11.3. The Morgan fingerprint density at radius 2 is 1.51 bits per heavy atom. The molecule has 0 bridgehead atoms. The Bertz CT molecular complexity index is 1330. The molecular weight excluding hydrogens is 438 g/mol. The van der Waals surface area contributed by atoms with Gasteiger partial charge in [-0.3, -0.25) is 9.59 Å². The lowest BCUT2D eigenvalue weighted by molar-refractivity contribution is 0.102. The minimum atomic E-state index is -0.477. The number of nitrogens with zero attached hydrogens (tertiary/aromatic N) is 2. The fourth-order valence-electron chi connectivity index (χ4n) is 3.84. The number of aromatic nitrogens is 2. The lowest BCUT2D eigenvalue weighted by Crippen LogP contribution is -2.32. The number of benzene rings is 3. The van der Waals surface area contributed by atoms with Crippen LogP contribution in [0.4, 0.5) is 5.69 Å². The summed E-state index contributed by atoms with van der Waals surface area (Å²) in [7, 11) is 0. The van der Waals surface area contributed by atoms with Crippen molar-refractivity contribution < 1.29 is 9.53 Å². The van der Waals surface area contributed by atoms with Crippen LogP contribution in [0.15, 0.2) is 89.7 Å². The van der Waals surface area contributed by atoms with E-state index in [4.69, 9.17) is 4.74 Å². The summed E-state index contributed by atoms with van der Waals surface area (Å²) in [4.78, 5) is 27.0. The van der Waals surface area contributed by atoms with Crippen LogP contribution in [0.3, 0.4) is 0 Å². The highest BCUT2D eigenvalue weighted by molar-refractivity contribution is 6.10. The lowest BCUT2D eigenvalue weighted by atomic mass is 9.95. The highest BCUT2D eigenvalue weighted by atomic mass is 16.5. The van der Waals surface area contributed by atoms with E-state index in [0.29, 0.717) is 30.1 Å². The number of rotatable bonds is 9. The van der Waals surface area contributed by atoms with Crippen LogP contribution < -0.4 is 15.6 Å². The number of hydrogen-bond acceptors (Lipinski definition) is 4. The largest absolute Gasteiger partial charge is 0.494 e. The molecule has 4 rings (SSSR count). The van der Waals surface area contributed by atoms with E-state index in [0.717, 1.165) is 29.7 Å². The highest BCUT2D eigenvalue weighted by Gasteiger charge is 2.25. The van der Waals surface area contributed by atoms with Crippen molar-refractivity contribution in [2.75, 3.05) is 11.9 Å². The van der Waals surface area contributed by atoms with Gasteiger partial charge in [-0.2, -0.15) is 5.10 Å². The molecule has 0 saturated heterocycles. The molecule has 0 aliphatic heterocycles. The van der Waals surface area contributed by atoms with Crippen LogP contribution in [0, 0.1) is 0 Å². The van der Waals surface area contributed by atoms with Crippen molar-refractivity contribution in [1.82, 2.24) is 9.78 Å². The summed E-state index contributed by atoms with van der Waals surface area (Å²) >= 11 is 0. The molecule has 6 nitrogen and oxygen atoms in total. The zero-order valence-corrected chi connectivity index (χ0v) is 20.0. The van der Waals surface area contributed by atoms with E-state index in [1.165, 1.54) is 4.68 Å². The van der Waals surface area contributed by atoms with Gasteiger partial charge in [0.15, 0.2) is 0 Å². The van der Waals surface area contributed by atoms with Gasteiger partial charge in [0.1, 0.15) is 11.3 Å². The first-order valence-corrected chi connectivity index (χ1v) is 11.9. The number of hydrogen-bond donors (Lipinski definition) is 1. The van der Waals surface area contributed by atoms with Crippen molar-refractivity contribution in [1.29, 1.82) is 0 Å². The Labute approximate surface area is 205 Å². The summed E-state index contributed by atoms with van der Waals surface area (Å²) in [5.41, 5.74) is 2.91. The number of unbranched alkanes of at least 4 members (excludes halogenated alkanes) is 1. The van der Waals surface area contributed by atoms with E-state index in [2.05, 4.69) is 17.3 Å². The van der Waals surface area contributed by atoms with Gasteiger partial charge in [0, 0.05) is 23.4 Å². The van der Waals surface area contributed by atoms with Crippen LogP contribution in [0.5, 0.6) is 5.75 Å². The molecule has 0 atom stereocenters. The standard InChI is InChI=1S/C29H29N3O3/c1-3-5-20-35-24-18-16-23(17-19-24)30-28(33)26-25(21-12-8-6-9-13-21)27(22-14-10-7-11-15-22)31-32(4-2)29(26)34/h6-19H,3-5,20H2,1-2H3,(H,30,33). The predicted octanol–water partition coefficient (Wildman–Crippen LogP) is 6.03. The molecule has 0 radical (unpaired) electrons. The van der Waals surface area contributed by atoms with Crippen molar-refractivity contribution in [3.63, 3.8) is 0 Å². The van der Waals surface area contributed by atoms with E-state index in [9.17, 15) is 9.59 Å². The molecule has 1 amide bonds. The van der Waals surface area contributed by atoms with Crippen molar-refractivity contribution >= 4 is 11.6 Å². The molecule has 1 aromatic heterocycles. The van der Waals surface area contributed by atoms with Crippen LogP contribution in [-0.2, 0) is 6.54 Å². The average molecular weight is 468 g/mol. The minimum Gasteiger partial charge on any atom is -0.494 e. The summed E-state index contributed by atoms with van der Waals surface area (Å²) in [6, 6.07) is 26.2. The SMILES string of the molecule is CCCCOc1ccc(NC(=O)c2c(-c3ccccc3)c(-c3ccccc3)nn(CC)c2=O)cc1. The van der Waals surface area contributed by atoms with E-state index >= 15 is 0 Å². The maximum absolute atomic E-state index is 13.6. The molecule has 4 aromatic rings. The van der Waals surface area contributed by atoms with Crippen molar-refractivity contribution in [2.45, 2.75) is 33.2 Å². The van der Waals surface area contributed by atoms with Crippen LogP contribution in [-0.4, -0.2) is 22.3 Å². The quantitative estimate of drug-likeness (QED) is 0.305. The fraction of sp³-hybridized carbons (Fsp3) is 0.207. The molecule has 0 unspecified atom stereocenters. The van der Waals surface area contributed by atoms with Gasteiger partial charge < -0.3 is 10.1 Å². The van der Waals surface area contributed by atoms with Crippen LogP contribution in [0.1, 0.15) is 37.0 Å². The monoisotopic (exact) mass is 467 g/mol. The summed E-state index contributed by atoms with van der Waals surface area (Å²) in [5.74, 6) is 0.264. The van der Waals surface area contributed by atoms with Gasteiger partial charge in [-0.15, -0.1) is 0 Å². The van der Waals surface area contributed by atoms with E-state index in [-0.39, 0.29) is 5.56 Å². The summed E-state index contributed by atoms with van der Waals surface area (Å²) in [5, 5.41) is 7.54. The van der Waals surface area contributed by atoms with Gasteiger partial charge >= 0.3 is 0 Å². The summed E-state index contributed by atoms with van der Waals surface area (Å²) < 4.78 is 7.05. The number of carbonyl (C=O) groups is 1. The molecule has 6 heteroatoms. The van der Waals surface area contributed by atoms with Gasteiger partial charge in [0.25, 0.3) is 11.5 Å². The van der Waals surface area contributed by atoms with Crippen molar-refractivity contribution in [3.8, 4) is 28.1 Å². The van der Waals surface area contributed by atoms with E-state index in [1.54, 1.807) is 12.1 Å². The number of ether oxygens (including phenoxy) is 1. The summed E-state index contributed by atoms with van der Waals surface area (Å²) in [6.45, 7) is 4.95. The van der Waals surface area contributed by atoms with Crippen LogP contribution in [0.2, 0.25) is 0 Å². The Balaban J connectivity index is 1.79. The van der Waals surface area contributed by atoms with Crippen molar-refractivity contribution in [3.05, 3.63) is 101 Å². The molecule has 178 valence electrons. The minimum absolute atomic E-state index is 0.0650. The Morgan fingerprint density at radius 3 is 2.11 bits per heavy atom. The number of nitrogens with one attached hydrogen (secondary N) is 1. The third kappa shape index (κ3) is 5.49. The molecule has 0 saturated carbocycles. The molecule has 0 aliphatic carbocycles. The van der Waals surface area contributed by atoms with Crippen LogP contribution >= 0.6 is 0 Å². The smallest absolute Gasteiger partial charge is 0.280 e. The predicted molar refractivity (Wildman–Crippen MR) is 140 cm³/mol. The maximum Gasteiger partial charge on any atom is 0.280 e. The molecule has 3 aromatic carbocycles. The number of carbonyl (C=O) groups excluding carboxylic acids is 1. The van der Waals surface area contributed by atoms with E-state index in [1.807, 2.05) is 79.7 Å². The molecule has 0 aliphatic rings. The Hall–Kier alpha value is -4.19. The van der Waals surface area contributed by atoms with Gasteiger partial charge in [-0.25, -0.2) is 4.68 Å². The summed E-state index contributed by atoms with van der Waals surface area (Å²) in [6.07, 6.45) is 2.04. The zero-order chi connectivity index (χ0) is 24.6. The lowest BCUT2D eigenvalue weighted by Gasteiger charge is -2.17. The fourth-order valence-corrected chi connectivity index (χ4v) is 3.84. The maximum atomic E-state index is 13.6. The number of anilines is 1. The number of aryl methyl sites for hydroxylation is 1. The second-order valence-electron chi connectivity index (χ2n) is 8.13. The third-order valence-electron chi connectivity index (χ3n) is 5.67. The van der Waals surface area contributed by atoms with Gasteiger partial charge in [-0.05, 0) is 43.2 Å². The average Bonchev–Trinajstić information content (AvgIpc) is 2.90. The molecule has 0 spiro atoms. The Morgan fingerprint density at radius 1 is 0.886 bits per heavy atom. The molecule has 1 heterocycles. The van der Waals surface area contributed by atoms with Gasteiger partial charge in [0.2, 0.25) is 0 Å². The molecule has 35 heavy (non-hydrogen) atoms. The molecular formula is C29H29N3O3. The second-order valence-corrected chi connectivity index (χ2v) is 8.13. The third-order valence-corrected chi connectivity index (χ3v) is 5.67. The molecule has 1 N–H and O–H groups in total. The van der Waals surface area contributed by atoms with Crippen LogP contribution in [0.25, 0.3) is 22.4 Å². The highest BCUT2D eigenvalue weighted by Crippen LogP contribution is 2.32. The molecule has 0 fully saturated rings. The first-order chi connectivity index (χ1) is 17.1. The first kappa shape index (κ1) is 24.0. The van der Waals surface area contributed by atoms with E-state index < -0.39 is 11.5 Å². The topological polar surface area (TPSA) is 73.2 Å².